The summed E-state index contributed by atoms with van der Waals surface area (Å²) in [5.41, 5.74) is 0.995. The van der Waals surface area contributed by atoms with Crippen molar-refractivity contribution in [1.82, 2.24) is 9.80 Å². The summed E-state index contributed by atoms with van der Waals surface area (Å²) in [5.74, 6) is -0.480. The Hall–Kier alpha value is -4.34. The average Bonchev–Trinajstić information content (AvgIpc) is 2.81. The number of rotatable bonds is 6. The van der Waals surface area contributed by atoms with E-state index in [0.29, 0.717) is 37.3 Å². The van der Waals surface area contributed by atoms with Gasteiger partial charge in [0.05, 0.1) is 9.85 Å². The number of piperazine rings is 1. The molecule has 0 unspecified atom stereocenters. The smallest absolute Gasteiger partial charge is 0.270 e. The van der Waals surface area contributed by atoms with Gasteiger partial charge in [0, 0.05) is 62.6 Å². The first-order valence-electron chi connectivity index (χ1n) is 9.76. The highest BCUT2D eigenvalue weighted by Gasteiger charge is 2.21. The van der Waals surface area contributed by atoms with Gasteiger partial charge >= 0.3 is 0 Å². The molecule has 0 atom stereocenters. The topological polar surface area (TPSA) is 127 Å². The molecule has 3 rings (SSSR count). The molecule has 164 valence electrons. The Balaban J connectivity index is 1.53. The maximum Gasteiger partial charge on any atom is 0.270 e. The Morgan fingerprint density at radius 3 is 1.44 bits per heavy atom. The summed E-state index contributed by atoms with van der Waals surface area (Å²) in [6.45, 7) is 1.42. The molecule has 1 saturated heterocycles. The van der Waals surface area contributed by atoms with Crippen molar-refractivity contribution in [3.63, 3.8) is 0 Å². The van der Waals surface area contributed by atoms with Crippen LogP contribution in [0.3, 0.4) is 0 Å². The highest BCUT2D eigenvalue weighted by atomic mass is 16.6. The summed E-state index contributed by atoms with van der Waals surface area (Å²) in [6.07, 6.45) is 5.76. The molecule has 2 amide bonds. The highest BCUT2D eigenvalue weighted by molar-refractivity contribution is 5.93. The Labute approximate surface area is 183 Å². The second-order valence-electron chi connectivity index (χ2n) is 7.02. The van der Waals surface area contributed by atoms with Gasteiger partial charge in [-0.05, 0) is 23.3 Å². The van der Waals surface area contributed by atoms with Crippen molar-refractivity contribution in [3.8, 4) is 0 Å². The van der Waals surface area contributed by atoms with Gasteiger partial charge in [0.15, 0.2) is 0 Å². The van der Waals surface area contributed by atoms with Crippen LogP contribution >= 0.6 is 0 Å². The number of hydrogen-bond acceptors (Lipinski definition) is 6. The van der Waals surface area contributed by atoms with Gasteiger partial charge in [-0.25, -0.2) is 0 Å². The van der Waals surface area contributed by atoms with Gasteiger partial charge in [-0.15, -0.1) is 0 Å². The predicted molar refractivity (Wildman–Crippen MR) is 117 cm³/mol. The molecule has 1 fully saturated rings. The Kier molecular flexibility index (Phi) is 7.06. The van der Waals surface area contributed by atoms with Crippen LogP contribution in [-0.2, 0) is 9.59 Å². The quantitative estimate of drug-likeness (QED) is 0.389. The number of carbonyl (C=O) groups excluding carboxylic acids is 2. The molecule has 1 aliphatic heterocycles. The van der Waals surface area contributed by atoms with E-state index in [1.165, 1.54) is 48.6 Å². The monoisotopic (exact) mass is 436 g/mol. The number of nitrogens with zero attached hydrogens (tertiary/aromatic N) is 4. The normalized spacial score (nSPS) is 14.1. The fourth-order valence-electron chi connectivity index (χ4n) is 3.18. The fourth-order valence-corrected chi connectivity index (χ4v) is 3.18. The fraction of sp³-hybridized carbons (Fsp3) is 0.182. The zero-order chi connectivity index (χ0) is 23.1. The zero-order valence-corrected chi connectivity index (χ0v) is 17.0. The molecule has 10 nitrogen and oxygen atoms in total. The number of nitro benzene ring substituents is 2. The maximum absolute atomic E-state index is 12.4. The van der Waals surface area contributed by atoms with E-state index in [2.05, 4.69) is 0 Å². The third-order valence-electron chi connectivity index (χ3n) is 4.90. The van der Waals surface area contributed by atoms with Crippen LogP contribution in [0.5, 0.6) is 0 Å². The summed E-state index contributed by atoms with van der Waals surface area (Å²) in [7, 11) is 0. The molecule has 1 aliphatic rings. The van der Waals surface area contributed by atoms with Gasteiger partial charge in [0.25, 0.3) is 11.4 Å². The van der Waals surface area contributed by atoms with Crippen LogP contribution in [0.25, 0.3) is 12.2 Å². The minimum atomic E-state index is -0.497. The predicted octanol–water partition coefficient (Wildman–Crippen LogP) is 2.90. The molecule has 1 heterocycles. The van der Waals surface area contributed by atoms with Crippen molar-refractivity contribution < 1.29 is 19.4 Å². The number of amides is 2. The van der Waals surface area contributed by atoms with E-state index < -0.39 is 9.85 Å². The van der Waals surface area contributed by atoms with E-state index in [4.69, 9.17) is 0 Å². The van der Waals surface area contributed by atoms with Gasteiger partial charge in [-0.1, -0.05) is 24.3 Å². The molecule has 0 spiro atoms. The number of non-ortho nitro benzene ring substituents is 2. The molecule has 0 radical (unpaired) electrons. The first kappa shape index (κ1) is 22.3. The second-order valence-corrected chi connectivity index (χ2v) is 7.02. The first-order valence-corrected chi connectivity index (χ1v) is 9.76. The van der Waals surface area contributed by atoms with Crippen LogP contribution in [-0.4, -0.2) is 57.6 Å². The van der Waals surface area contributed by atoms with Crippen LogP contribution in [0.2, 0.25) is 0 Å². The number of hydrogen-bond donors (Lipinski definition) is 0. The number of nitro groups is 2. The van der Waals surface area contributed by atoms with Crippen LogP contribution in [0, 0.1) is 20.2 Å². The molecule has 32 heavy (non-hydrogen) atoms. The van der Waals surface area contributed by atoms with Crippen molar-refractivity contribution in [3.05, 3.63) is 92.0 Å². The Morgan fingerprint density at radius 2 is 1.09 bits per heavy atom. The number of carbonyl (C=O) groups is 2. The van der Waals surface area contributed by atoms with Crippen LogP contribution in [0.4, 0.5) is 11.4 Å². The summed E-state index contributed by atoms with van der Waals surface area (Å²) < 4.78 is 0. The zero-order valence-electron chi connectivity index (χ0n) is 17.0. The standard InChI is InChI=1S/C22H20N4O6/c27-21(9-7-17-3-1-5-19(15-17)25(29)30)23-11-13-24(14-12-23)22(28)10-8-18-4-2-6-20(16-18)26(31)32/h1-10,15-16H,11-14H2/b9-7+,10-8+. The average molecular weight is 436 g/mol. The summed E-state index contributed by atoms with van der Waals surface area (Å²) in [4.78, 5) is 48.7. The Morgan fingerprint density at radius 1 is 0.719 bits per heavy atom. The molecule has 0 N–H and O–H groups in total. The van der Waals surface area contributed by atoms with E-state index in [9.17, 15) is 29.8 Å². The molecule has 0 aromatic heterocycles. The summed E-state index contributed by atoms with van der Waals surface area (Å²) >= 11 is 0. The van der Waals surface area contributed by atoms with Gasteiger partial charge in [0.1, 0.15) is 0 Å². The third-order valence-corrected chi connectivity index (χ3v) is 4.90. The number of benzene rings is 2. The van der Waals surface area contributed by atoms with Gasteiger partial charge < -0.3 is 9.80 Å². The van der Waals surface area contributed by atoms with Crippen LogP contribution < -0.4 is 0 Å². The molecule has 10 heteroatoms. The van der Waals surface area contributed by atoms with Crippen molar-refractivity contribution in [2.45, 2.75) is 0 Å². The summed E-state index contributed by atoms with van der Waals surface area (Å²) in [5, 5.41) is 21.7. The second kappa shape index (κ2) is 10.1. The van der Waals surface area contributed by atoms with E-state index >= 15 is 0 Å². The van der Waals surface area contributed by atoms with E-state index in [0.717, 1.165) is 0 Å². The van der Waals surface area contributed by atoms with Gasteiger partial charge in [-0.3, -0.25) is 29.8 Å². The third kappa shape index (κ3) is 5.85. The molecular weight excluding hydrogens is 416 g/mol. The summed E-state index contributed by atoms with van der Waals surface area (Å²) in [6, 6.07) is 12.0. The van der Waals surface area contributed by atoms with E-state index in [1.54, 1.807) is 34.1 Å². The largest absolute Gasteiger partial charge is 0.336 e. The van der Waals surface area contributed by atoms with Crippen molar-refractivity contribution in [1.29, 1.82) is 0 Å². The van der Waals surface area contributed by atoms with Crippen LogP contribution in [0.15, 0.2) is 60.7 Å². The van der Waals surface area contributed by atoms with E-state index in [1.807, 2.05) is 0 Å². The minimum Gasteiger partial charge on any atom is -0.336 e. The lowest BCUT2D eigenvalue weighted by Gasteiger charge is -2.33. The minimum absolute atomic E-state index is 0.0510. The molecular formula is C22H20N4O6. The van der Waals surface area contributed by atoms with Gasteiger partial charge in [-0.2, -0.15) is 0 Å². The molecule has 0 aliphatic carbocycles. The molecule has 0 saturated carbocycles. The van der Waals surface area contributed by atoms with Crippen molar-refractivity contribution in [2.24, 2.45) is 0 Å². The van der Waals surface area contributed by atoms with Crippen molar-refractivity contribution in [2.75, 3.05) is 26.2 Å². The van der Waals surface area contributed by atoms with Crippen molar-refractivity contribution >= 4 is 35.3 Å². The molecule has 2 aromatic carbocycles. The molecule has 0 bridgehead atoms. The van der Waals surface area contributed by atoms with E-state index in [-0.39, 0.29) is 23.2 Å². The molecule has 2 aromatic rings. The Bertz CT molecular complexity index is 1020. The van der Waals surface area contributed by atoms with Gasteiger partial charge in [0.2, 0.25) is 11.8 Å². The lowest BCUT2D eigenvalue weighted by atomic mass is 10.2. The lowest BCUT2D eigenvalue weighted by Crippen LogP contribution is -2.49. The first-order chi connectivity index (χ1) is 15.3. The lowest BCUT2D eigenvalue weighted by molar-refractivity contribution is -0.385. The van der Waals surface area contributed by atoms with Crippen LogP contribution in [0.1, 0.15) is 11.1 Å². The SMILES string of the molecule is O=C(/C=C/c1cccc([N+](=O)[O-])c1)N1CCN(C(=O)/C=C/c2cccc([N+](=O)[O-])c2)CC1. The maximum atomic E-state index is 12.4. The highest BCUT2D eigenvalue weighted by Crippen LogP contribution is 2.16.